The number of piperazine rings is 1. The largest absolute Gasteiger partial charge is 0.314 e. The van der Waals surface area contributed by atoms with Crippen LogP contribution >= 0.6 is 24.8 Å². The van der Waals surface area contributed by atoms with Gasteiger partial charge < -0.3 is 5.32 Å². The summed E-state index contributed by atoms with van der Waals surface area (Å²) in [6.45, 7) is 9.13. The molecule has 1 aliphatic heterocycles. The van der Waals surface area contributed by atoms with Gasteiger partial charge in [0.05, 0.1) is 0 Å². The molecule has 1 N–H and O–H groups in total. The molecule has 0 aliphatic carbocycles. The summed E-state index contributed by atoms with van der Waals surface area (Å²) in [7, 11) is 0. The van der Waals surface area contributed by atoms with Crippen molar-refractivity contribution in [2.45, 2.75) is 39.2 Å². The Hall–Kier alpha value is -0.280. The Morgan fingerprint density at radius 3 is 2.15 bits per heavy atom. The van der Waals surface area contributed by atoms with Crippen LogP contribution in [0.3, 0.4) is 0 Å². The van der Waals surface area contributed by atoms with Gasteiger partial charge in [-0.05, 0) is 24.0 Å². The molecule has 0 radical (unpaired) electrons. The van der Waals surface area contributed by atoms with Gasteiger partial charge in [-0.25, -0.2) is 0 Å². The van der Waals surface area contributed by atoms with Gasteiger partial charge in [0.25, 0.3) is 0 Å². The van der Waals surface area contributed by atoms with Crippen molar-refractivity contribution in [3.8, 4) is 0 Å². The second-order valence-corrected chi connectivity index (χ2v) is 5.19. The topological polar surface area (TPSA) is 15.3 Å². The van der Waals surface area contributed by atoms with E-state index in [0.29, 0.717) is 6.04 Å². The minimum Gasteiger partial charge on any atom is -0.314 e. The van der Waals surface area contributed by atoms with Crippen molar-refractivity contribution in [1.29, 1.82) is 0 Å². The number of hydrogen-bond donors (Lipinski definition) is 1. The number of nitrogens with one attached hydrogen (secondary N) is 1. The lowest BCUT2D eigenvalue weighted by molar-refractivity contribution is 0.164. The number of rotatable bonds is 5. The molecule has 1 fully saturated rings. The Morgan fingerprint density at radius 1 is 1.05 bits per heavy atom. The Morgan fingerprint density at radius 2 is 1.65 bits per heavy atom. The van der Waals surface area contributed by atoms with E-state index in [9.17, 15) is 0 Å². The number of aryl methyl sites for hydroxylation is 1. The second kappa shape index (κ2) is 10.4. The summed E-state index contributed by atoms with van der Waals surface area (Å²) in [5.74, 6) is 0. The van der Waals surface area contributed by atoms with E-state index in [1.165, 1.54) is 37.1 Å². The Bertz CT molecular complexity index is 348. The van der Waals surface area contributed by atoms with E-state index >= 15 is 0 Å². The molecule has 2 nitrogen and oxygen atoms in total. The zero-order valence-corrected chi connectivity index (χ0v) is 14.2. The SMILES string of the molecule is CCC[C@@H](c1ccc(CC)cc1)N1CCNCC1.Cl.Cl. The molecule has 1 aromatic rings. The summed E-state index contributed by atoms with van der Waals surface area (Å²) in [6, 6.07) is 9.87. The molecule has 0 unspecified atom stereocenters. The molecule has 0 amide bonds. The highest BCUT2D eigenvalue weighted by molar-refractivity contribution is 5.85. The van der Waals surface area contributed by atoms with Gasteiger partial charge in [0.1, 0.15) is 0 Å². The zero-order valence-electron chi connectivity index (χ0n) is 12.6. The van der Waals surface area contributed by atoms with Crippen molar-refractivity contribution in [1.82, 2.24) is 10.2 Å². The third-order valence-electron chi connectivity index (χ3n) is 3.93. The van der Waals surface area contributed by atoms with Crippen LogP contribution in [0, 0.1) is 0 Å². The first-order valence-electron chi connectivity index (χ1n) is 7.38. The third-order valence-corrected chi connectivity index (χ3v) is 3.93. The van der Waals surface area contributed by atoms with E-state index in [0.717, 1.165) is 19.5 Å². The Labute approximate surface area is 136 Å². The summed E-state index contributed by atoms with van der Waals surface area (Å²) >= 11 is 0. The fourth-order valence-electron chi connectivity index (χ4n) is 2.80. The fraction of sp³-hybridized carbons (Fsp3) is 0.625. The van der Waals surface area contributed by atoms with E-state index in [4.69, 9.17) is 0 Å². The standard InChI is InChI=1S/C16H26N2.2ClH/c1-3-5-16(18-12-10-17-11-13-18)15-8-6-14(4-2)7-9-15;;/h6-9,16-17H,3-5,10-13H2,1-2H3;2*1H/t16-;;/m0../s1. The molecule has 1 atom stereocenters. The van der Waals surface area contributed by atoms with Crippen LogP contribution in [0.25, 0.3) is 0 Å². The molecule has 1 aliphatic rings. The van der Waals surface area contributed by atoms with Gasteiger partial charge in [0.2, 0.25) is 0 Å². The summed E-state index contributed by atoms with van der Waals surface area (Å²) in [5.41, 5.74) is 2.94. The minimum atomic E-state index is 0. The van der Waals surface area contributed by atoms with Crippen LogP contribution in [-0.2, 0) is 6.42 Å². The van der Waals surface area contributed by atoms with Gasteiger partial charge in [0.15, 0.2) is 0 Å². The monoisotopic (exact) mass is 318 g/mol. The predicted octanol–water partition coefficient (Wildman–Crippen LogP) is 3.84. The molecule has 0 saturated carbocycles. The molecule has 4 heteroatoms. The maximum Gasteiger partial charge on any atom is 0.0349 e. The van der Waals surface area contributed by atoms with Crippen molar-refractivity contribution in [2.24, 2.45) is 0 Å². The smallest absolute Gasteiger partial charge is 0.0349 e. The lowest BCUT2D eigenvalue weighted by Gasteiger charge is -2.35. The van der Waals surface area contributed by atoms with Gasteiger partial charge in [0, 0.05) is 32.2 Å². The molecular weight excluding hydrogens is 291 g/mol. The van der Waals surface area contributed by atoms with Crippen LogP contribution in [0.5, 0.6) is 0 Å². The van der Waals surface area contributed by atoms with Crippen LogP contribution in [-0.4, -0.2) is 31.1 Å². The third kappa shape index (κ3) is 5.25. The minimum absolute atomic E-state index is 0. The molecule has 20 heavy (non-hydrogen) atoms. The van der Waals surface area contributed by atoms with Crippen LogP contribution in [0.2, 0.25) is 0 Å². The van der Waals surface area contributed by atoms with E-state index in [1.54, 1.807) is 0 Å². The first-order valence-corrected chi connectivity index (χ1v) is 7.38. The van der Waals surface area contributed by atoms with E-state index < -0.39 is 0 Å². The van der Waals surface area contributed by atoms with Crippen molar-refractivity contribution in [2.75, 3.05) is 26.2 Å². The van der Waals surface area contributed by atoms with Gasteiger partial charge in [-0.15, -0.1) is 24.8 Å². The first kappa shape index (κ1) is 19.7. The Balaban J connectivity index is 0.00000180. The van der Waals surface area contributed by atoms with Gasteiger partial charge >= 0.3 is 0 Å². The molecule has 0 bridgehead atoms. The van der Waals surface area contributed by atoms with Crippen molar-refractivity contribution in [3.05, 3.63) is 35.4 Å². The zero-order chi connectivity index (χ0) is 12.8. The highest BCUT2D eigenvalue weighted by atomic mass is 35.5. The normalized spacial score (nSPS) is 16.9. The number of nitrogens with zero attached hydrogens (tertiary/aromatic N) is 1. The van der Waals surface area contributed by atoms with E-state index in [1.807, 2.05) is 0 Å². The van der Waals surface area contributed by atoms with Crippen LogP contribution < -0.4 is 5.32 Å². The van der Waals surface area contributed by atoms with E-state index in [-0.39, 0.29) is 24.8 Å². The van der Waals surface area contributed by atoms with Crippen molar-refractivity contribution >= 4 is 24.8 Å². The van der Waals surface area contributed by atoms with Gasteiger partial charge in [-0.1, -0.05) is 44.5 Å². The van der Waals surface area contributed by atoms with E-state index in [2.05, 4.69) is 48.3 Å². The van der Waals surface area contributed by atoms with Crippen molar-refractivity contribution in [3.63, 3.8) is 0 Å². The lowest BCUT2D eigenvalue weighted by Crippen LogP contribution is -2.45. The molecule has 0 aromatic heterocycles. The quantitative estimate of drug-likeness (QED) is 0.887. The molecule has 1 aromatic carbocycles. The summed E-state index contributed by atoms with van der Waals surface area (Å²) in [6.07, 6.45) is 3.65. The van der Waals surface area contributed by atoms with Crippen LogP contribution in [0.1, 0.15) is 43.9 Å². The molecular formula is C16H28Cl2N2. The predicted molar refractivity (Wildman–Crippen MR) is 92.4 cm³/mol. The second-order valence-electron chi connectivity index (χ2n) is 5.19. The van der Waals surface area contributed by atoms with Crippen molar-refractivity contribution < 1.29 is 0 Å². The Kier molecular flexibility index (Phi) is 10.3. The number of hydrogen-bond acceptors (Lipinski definition) is 2. The highest BCUT2D eigenvalue weighted by Gasteiger charge is 2.20. The highest BCUT2D eigenvalue weighted by Crippen LogP contribution is 2.26. The lowest BCUT2D eigenvalue weighted by atomic mass is 9.98. The van der Waals surface area contributed by atoms with Gasteiger partial charge in [-0.3, -0.25) is 4.90 Å². The van der Waals surface area contributed by atoms with Gasteiger partial charge in [-0.2, -0.15) is 0 Å². The summed E-state index contributed by atoms with van der Waals surface area (Å²) < 4.78 is 0. The summed E-state index contributed by atoms with van der Waals surface area (Å²) in [4.78, 5) is 2.64. The molecule has 0 spiro atoms. The maximum atomic E-state index is 3.44. The number of benzene rings is 1. The molecule has 2 rings (SSSR count). The average molecular weight is 319 g/mol. The molecule has 1 saturated heterocycles. The average Bonchev–Trinajstić information content (AvgIpc) is 2.46. The molecule has 1 heterocycles. The van der Waals surface area contributed by atoms with Crippen LogP contribution in [0.15, 0.2) is 24.3 Å². The number of halogens is 2. The molecule has 116 valence electrons. The van der Waals surface area contributed by atoms with Crippen LogP contribution in [0.4, 0.5) is 0 Å². The first-order chi connectivity index (χ1) is 8.85. The fourth-order valence-corrected chi connectivity index (χ4v) is 2.80. The summed E-state index contributed by atoms with van der Waals surface area (Å²) in [5, 5.41) is 3.44. The maximum absolute atomic E-state index is 3.44.